The van der Waals surface area contributed by atoms with Crippen LogP contribution in [0.1, 0.15) is 15.9 Å². The van der Waals surface area contributed by atoms with Crippen LogP contribution in [-0.4, -0.2) is 10.4 Å². The van der Waals surface area contributed by atoms with Gasteiger partial charge in [-0.15, -0.1) is 0 Å². The number of hydrogen-bond donors (Lipinski definition) is 0. The Balaban J connectivity index is 1.75. The maximum Gasteiger partial charge on any atom is 0.185 e. The minimum atomic E-state index is -0.314. The second-order valence-corrected chi connectivity index (χ2v) is 4.89. The molecule has 0 amide bonds. The molecule has 3 aromatic rings. The molecule has 1 aromatic heterocycles. The Hall–Kier alpha value is -2.94. The lowest BCUT2D eigenvalue weighted by Crippen LogP contribution is -1.96. The number of aromatic nitrogens is 1. The van der Waals surface area contributed by atoms with Gasteiger partial charge in [-0.2, -0.15) is 0 Å². The molecular formula is C19H14FNO. The Morgan fingerprint density at radius 2 is 1.68 bits per heavy atom. The zero-order valence-electron chi connectivity index (χ0n) is 11.8. The highest BCUT2D eigenvalue weighted by atomic mass is 19.1. The van der Waals surface area contributed by atoms with Gasteiger partial charge >= 0.3 is 0 Å². The normalized spacial score (nSPS) is 11.0. The van der Waals surface area contributed by atoms with Gasteiger partial charge in [-0.3, -0.25) is 4.79 Å². The van der Waals surface area contributed by atoms with Crippen molar-refractivity contribution in [1.82, 2.24) is 4.57 Å². The number of benzene rings is 2. The number of hydrogen-bond acceptors (Lipinski definition) is 1. The second kappa shape index (κ2) is 6.22. The predicted octanol–water partition coefficient (Wildman–Crippen LogP) is 4.51. The Kier molecular flexibility index (Phi) is 3.97. The van der Waals surface area contributed by atoms with Crippen LogP contribution in [0.25, 0.3) is 11.8 Å². The molecule has 0 saturated heterocycles. The Bertz CT molecular complexity index is 802. The fraction of sp³-hybridized carbons (Fsp3) is 0. The van der Waals surface area contributed by atoms with Gasteiger partial charge in [0.1, 0.15) is 5.82 Å². The summed E-state index contributed by atoms with van der Waals surface area (Å²) in [5, 5.41) is 0. The van der Waals surface area contributed by atoms with Crippen LogP contribution >= 0.6 is 0 Å². The summed E-state index contributed by atoms with van der Waals surface area (Å²) in [4.78, 5) is 12.1. The maximum absolute atomic E-state index is 13.1. The predicted molar refractivity (Wildman–Crippen MR) is 85.5 cm³/mol. The molecule has 0 aliphatic carbocycles. The van der Waals surface area contributed by atoms with E-state index in [1.165, 1.54) is 18.2 Å². The van der Waals surface area contributed by atoms with Crippen molar-refractivity contribution in [2.75, 3.05) is 0 Å². The third kappa shape index (κ3) is 3.20. The molecule has 0 bridgehead atoms. The summed E-state index contributed by atoms with van der Waals surface area (Å²) in [7, 11) is 0. The van der Waals surface area contributed by atoms with Gasteiger partial charge in [0.2, 0.25) is 0 Å². The first-order valence-electron chi connectivity index (χ1n) is 6.94. The number of carbonyl (C=O) groups excluding carboxylic acids is 1. The van der Waals surface area contributed by atoms with Crippen molar-refractivity contribution in [3.63, 3.8) is 0 Å². The number of nitrogens with zero attached hydrogens (tertiary/aromatic N) is 1. The van der Waals surface area contributed by atoms with Crippen molar-refractivity contribution in [3.8, 4) is 5.69 Å². The first-order valence-corrected chi connectivity index (χ1v) is 6.94. The van der Waals surface area contributed by atoms with Crippen molar-refractivity contribution >= 4 is 11.9 Å². The molecular weight excluding hydrogens is 277 g/mol. The van der Waals surface area contributed by atoms with Gasteiger partial charge in [-0.05, 0) is 60.2 Å². The van der Waals surface area contributed by atoms with Crippen LogP contribution in [0.3, 0.4) is 0 Å². The highest BCUT2D eigenvalue weighted by molar-refractivity contribution is 6.06. The highest BCUT2D eigenvalue weighted by Gasteiger charge is 2.02. The summed E-state index contributed by atoms with van der Waals surface area (Å²) >= 11 is 0. The molecule has 108 valence electrons. The molecule has 0 unspecified atom stereocenters. The summed E-state index contributed by atoms with van der Waals surface area (Å²) in [6, 6.07) is 17.4. The van der Waals surface area contributed by atoms with Crippen LogP contribution in [0.4, 0.5) is 4.39 Å². The third-order valence-corrected chi connectivity index (χ3v) is 3.33. The van der Waals surface area contributed by atoms with E-state index in [9.17, 15) is 9.18 Å². The zero-order valence-corrected chi connectivity index (χ0v) is 11.8. The summed E-state index contributed by atoms with van der Waals surface area (Å²) < 4.78 is 15.0. The molecule has 1 heterocycles. The van der Waals surface area contributed by atoms with E-state index in [-0.39, 0.29) is 11.6 Å². The van der Waals surface area contributed by atoms with Gasteiger partial charge < -0.3 is 4.57 Å². The lowest BCUT2D eigenvalue weighted by Gasteiger charge is -2.03. The van der Waals surface area contributed by atoms with Crippen molar-refractivity contribution in [3.05, 3.63) is 96.1 Å². The number of ketones is 1. The SMILES string of the molecule is O=C(/C=C/c1cccc(F)c1)c1ccc(-n2cccc2)cc1. The standard InChI is InChI=1S/C19H14FNO/c20-17-5-3-4-15(14-17)6-11-19(22)16-7-9-18(10-8-16)21-12-1-2-13-21/h1-14H/b11-6+. The van der Waals surface area contributed by atoms with Crippen LogP contribution in [0, 0.1) is 5.82 Å². The fourth-order valence-electron chi connectivity index (χ4n) is 2.18. The molecule has 2 nitrogen and oxygen atoms in total. The monoisotopic (exact) mass is 291 g/mol. The smallest absolute Gasteiger partial charge is 0.185 e. The summed E-state index contributed by atoms with van der Waals surface area (Å²) in [5.41, 5.74) is 2.26. The highest BCUT2D eigenvalue weighted by Crippen LogP contribution is 2.12. The Morgan fingerprint density at radius 1 is 0.955 bits per heavy atom. The van der Waals surface area contributed by atoms with E-state index in [4.69, 9.17) is 0 Å². The lowest BCUT2D eigenvalue weighted by molar-refractivity contribution is 0.104. The van der Waals surface area contributed by atoms with Crippen molar-refractivity contribution in [2.45, 2.75) is 0 Å². The van der Waals surface area contributed by atoms with Gasteiger partial charge in [-0.25, -0.2) is 4.39 Å². The molecule has 3 heteroatoms. The zero-order chi connectivity index (χ0) is 15.4. The topological polar surface area (TPSA) is 22.0 Å². The first kappa shape index (κ1) is 14.0. The number of halogens is 1. The molecule has 22 heavy (non-hydrogen) atoms. The molecule has 0 spiro atoms. The van der Waals surface area contributed by atoms with Crippen LogP contribution in [-0.2, 0) is 0 Å². The van der Waals surface area contributed by atoms with Crippen LogP contribution in [0.5, 0.6) is 0 Å². The maximum atomic E-state index is 13.1. The second-order valence-electron chi connectivity index (χ2n) is 4.89. The molecule has 0 atom stereocenters. The van der Waals surface area contributed by atoms with Gasteiger partial charge in [0.25, 0.3) is 0 Å². The number of carbonyl (C=O) groups is 1. The van der Waals surface area contributed by atoms with Crippen molar-refractivity contribution in [1.29, 1.82) is 0 Å². The molecule has 0 aliphatic heterocycles. The molecule has 0 radical (unpaired) electrons. The Morgan fingerprint density at radius 3 is 2.36 bits per heavy atom. The van der Waals surface area contributed by atoms with E-state index in [0.29, 0.717) is 11.1 Å². The summed E-state index contributed by atoms with van der Waals surface area (Å²) in [6.07, 6.45) is 6.96. The fourth-order valence-corrected chi connectivity index (χ4v) is 2.18. The molecule has 0 saturated carbocycles. The van der Waals surface area contributed by atoms with Crippen LogP contribution in [0.2, 0.25) is 0 Å². The van der Waals surface area contributed by atoms with E-state index in [0.717, 1.165) is 5.69 Å². The van der Waals surface area contributed by atoms with Gasteiger partial charge in [0.15, 0.2) is 5.78 Å². The quantitative estimate of drug-likeness (QED) is 0.512. The average molecular weight is 291 g/mol. The van der Waals surface area contributed by atoms with E-state index in [2.05, 4.69) is 0 Å². The average Bonchev–Trinajstić information content (AvgIpc) is 3.07. The van der Waals surface area contributed by atoms with Gasteiger partial charge in [-0.1, -0.05) is 18.2 Å². The number of allylic oxidation sites excluding steroid dienone is 1. The Labute approximate surface area is 128 Å². The summed E-state index contributed by atoms with van der Waals surface area (Å²) in [5.74, 6) is -0.422. The number of rotatable bonds is 4. The van der Waals surface area contributed by atoms with E-state index < -0.39 is 0 Å². The summed E-state index contributed by atoms with van der Waals surface area (Å²) in [6.45, 7) is 0. The largest absolute Gasteiger partial charge is 0.324 e. The minimum absolute atomic E-state index is 0.108. The third-order valence-electron chi connectivity index (χ3n) is 3.33. The van der Waals surface area contributed by atoms with Crippen molar-refractivity contribution in [2.24, 2.45) is 0 Å². The van der Waals surface area contributed by atoms with Crippen LogP contribution in [0.15, 0.2) is 79.1 Å². The van der Waals surface area contributed by atoms with Gasteiger partial charge in [0, 0.05) is 23.6 Å². The van der Waals surface area contributed by atoms with E-state index >= 15 is 0 Å². The molecule has 0 fully saturated rings. The van der Waals surface area contributed by atoms with Crippen molar-refractivity contribution < 1.29 is 9.18 Å². The molecule has 0 N–H and O–H groups in total. The molecule has 0 aliphatic rings. The van der Waals surface area contributed by atoms with E-state index in [1.807, 2.05) is 41.2 Å². The molecule has 2 aromatic carbocycles. The lowest BCUT2D eigenvalue weighted by atomic mass is 10.1. The van der Waals surface area contributed by atoms with Gasteiger partial charge in [0.05, 0.1) is 0 Å². The van der Waals surface area contributed by atoms with E-state index in [1.54, 1.807) is 30.3 Å². The minimum Gasteiger partial charge on any atom is -0.324 e. The first-order chi connectivity index (χ1) is 10.7. The molecule has 3 rings (SSSR count). The van der Waals surface area contributed by atoms with Crippen LogP contribution < -0.4 is 0 Å².